The molecule has 0 amide bonds. The van der Waals surface area contributed by atoms with Crippen molar-refractivity contribution in [3.05, 3.63) is 46.1 Å². The highest BCUT2D eigenvalue weighted by atomic mass is 32.1. The first-order valence-corrected chi connectivity index (χ1v) is 9.34. The van der Waals surface area contributed by atoms with Crippen LogP contribution in [-0.4, -0.2) is 46.0 Å². The number of fused-ring (bicyclic) bond motifs is 1. The van der Waals surface area contributed by atoms with Crippen LogP contribution in [0.2, 0.25) is 0 Å². The topological polar surface area (TPSA) is 64.1 Å². The molecule has 1 fully saturated rings. The number of nitrogens with one attached hydrogen (secondary N) is 1. The third-order valence-electron chi connectivity index (χ3n) is 4.64. The number of benzene rings is 1. The molecule has 0 aliphatic carbocycles. The predicted octanol–water partition coefficient (Wildman–Crippen LogP) is 1.34. The molecule has 6 nitrogen and oxygen atoms in total. The first-order valence-electron chi connectivity index (χ1n) is 8.53. The van der Waals surface area contributed by atoms with Gasteiger partial charge in [-0.15, -0.1) is 5.10 Å². The van der Waals surface area contributed by atoms with Gasteiger partial charge in [-0.2, -0.15) is 4.52 Å². The lowest BCUT2D eigenvalue weighted by atomic mass is 10.0. The number of morpholine rings is 1. The van der Waals surface area contributed by atoms with Gasteiger partial charge in [-0.3, -0.25) is 0 Å². The number of aryl methyl sites for hydroxylation is 1. The van der Waals surface area contributed by atoms with E-state index < -0.39 is 11.6 Å². The van der Waals surface area contributed by atoms with Gasteiger partial charge in [-0.05, 0) is 18.2 Å². The minimum absolute atomic E-state index is 0.00549. The molecule has 1 atom stereocenters. The SMILES string of the molecule is CCc1nc2sc([C@H](c3ccc(F)c(F)c3)[NH+]3CCOCC3)c(O)n2n1. The molecule has 0 bridgehead atoms. The molecule has 138 valence electrons. The molecule has 1 saturated heterocycles. The summed E-state index contributed by atoms with van der Waals surface area (Å²) in [7, 11) is 0. The van der Waals surface area contributed by atoms with E-state index in [0.717, 1.165) is 11.0 Å². The van der Waals surface area contributed by atoms with E-state index in [0.29, 0.717) is 53.9 Å². The molecule has 2 N–H and O–H groups in total. The van der Waals surface area contributed by atoms with Gasteiger partial charge in [0, 0.05) is 12.0 Å². The minimum Gasteiger partial charge on any atom is -0.492 e. The van der Waals surface area contributed by atoms with E-state index in [1.54, 1.807) is 6.07 Å². The summed E-state index contributed by atoms with van der Waals surface area (Å²) >= 11 is 1.33. The lowest BCUT2D eigenvalue weighted by Gasteiger charge is -2.31. The van der Waals surface area contributed by atoms with Gasteiger partial charge >= 0.3 is 0 Å². The zero-order valence-corrected chi connectivity index (χ0v) is 15.0. The first-order chi connectivity index (χ1) is 12.6. The molecule has 3 aromatic rings. The van der Waals surface area contributed by atoms with Crippen LogP contribution in [0.4, 0.5) is 8.78 Å². The Labute approximate surface area is 152 Å². The predicted molar refractivity (Wildman–Crippen MR) is 91.6 cm³/mol. The Bertz CT molecular complexity index is 936. The van der Waals surface area contributed by atoms with Gasteiger partial charge in [0.15, 0.2) is 23.5 Å². The molecule has 3 heterocycles. The number of hydrogen-bond donors (Lipinski definition) is 2. The van der Waals surface area contributed by atoms with Gasteiger partial charge in [-0.25, -0.2) is 13.8 Å². The molecule has 1 aromatic carbocycles. The van der Waals surface area contributed by atoms with E-state index >= 15 is 0 Å². The van der Waals surface area contributed by atoms with Crippen LogP contribution in [0.3, 0.4) is 0 Å². The van der Waals surface area contributed by atoms with Crippen LogP contribution < -0.4 is 4.90 Å². The lowest BCUT2D eigenvalue weighted by Crippen LogP contribution is -3.14. The molecule has 2 aromatic heterocycles. The molecule has 9 heteroatoms. The summed E-state index contributed by atoms with van der Waals surface area (Å²) in [6, 6.07) is 3.56. The van der Waals surface area contributed by atoms with Crippen LogP contribution in [0.5, 0.6) is 5.88 Å². The van der Waals surface area contributed by atoms with Crippen molar-refractivity contribution >= 4 is 16.3 Å². The Morgan fingerprint density at radius 2 is 2.08 bits per heavy atom. The van der Waals surface area contributed by atoms with Crippen LogP contribution in [0.25, 0.3) is 4.96 Å². The normalized spacial score (nSPS) is 17.0. The number of thiazole rings is 1. The standard InChI is InChI=1S/C17H18F2N4O2S/c1-2-13-20-17-23(21-13)16(24)15(26-17)14(22-5-7-25-8-6-22)10-3-4-11(18)12(19)9-10/h3-4,9,14,24H,2,5-8H2,1H3/p+1/t14-/m0/s1. The number of quaternary nitrogens is 1. The van der Waals surface area contributed by atoms with Crippen LogP contribution in [-0.2, 0) is 11.2 Å². The van der Waals surface area contributed by atoms with Crippen LogP contribution in [0.1, 0.15) is 29.2 Å². The Balaban J connectivity index is 1.83. The van der Waals surface area contributed by atoms with Gasteiger partial charge in [-0.1, -0.05) is 18.3 Å². The molecule has 0 spiro atoms. The zero-order valence-electron chi connectivity index (χ0n) is 14.2. The van der Waals surface area contributed by atoms with Gasteiger partial charge in [0.25, 0.3) is 0 Å². The fourth-order valence-electron chi connectivity index (χ4n) is 3.32. The van der Waals surface area contributed by atoms with Crippen molar-refractivity contribution in [3.8, 4) is 5.88 Å². The van der Waals surface area contributed by atoms with Gasteiger partial charge < -0.3 is 14.7 Å². The van der Waals surface area contributed by atoms with Crippen molar-refractivity contribution in [1.82, 2.24) is 14.6 Å². The third-order valence-corrected chi connectivity index (χ3v) is 5.73. The van der Waals surface area contributed by atoms with E-state index in [2.05, 4.69) is 10.1 Å². The summed E-state index contributed by atoms with van der Waals surface area (Å²) in [5.41, 5.74) is 0.608. The largest absolute Gasteiger partial charge is 0.492 e. The zero-order chi connectivity index (χ0) is 18.3. The monoisotopic (exact) mass is 381 g/mol. The van der Waals surface area contributed by atoms with Crippen molar-refractivity contribution < 1.29 is 23.5 Å². The number of aromatic nitrogens is 3. The van der Waals surface area contributed by atoms with Crippen LogP contribution in [0, 0.1) is 11.6 Å². The van der Waals surface area contributed by atoms with Crippen molar-refractivity contribution in [3.63, 3.8) is 0 Å². The Morgan fingerprint density at radius 1 is 1.31 bits per heavy atom. The Kier molecular flexibility index (Phi) is 4.60. The van der Waals surface area contributed by atoms with Gasteiger partial charge in [0.1, 0.15) is 18.0 Å². The van der Waals surface area contributed by atoms with E-state index in [4.69, 9.17) is 4.74 Å². The molecule has 0 saturated carbocycles. The average Bonchev–Trinajstić information content (AvgIpc) is 3.19. The van der Waals surface area contributed by atoms with E-state index in [9.17, 15) is 13.9 Å². The summed E-state index contributed by atoms with van der Waals surface area (Å²) in [5.74, 6) is -1.12. The number of halogens is 2. The van der Waals surface area contributed by atoms with Crippen molar-refractivity contribution in [2.75, 3.05) is 26.3 Å². The number of ether oxygens (including phenoxy) is 1. The average molecular weight is 381 g/mol. The Hall–Kier alpha value is -2.10. The summed E-state index contributed by atoms with van der Waals surface area (Å²) in [5, 5.41) is 15.0. The molecular formula is C17H19F2N4O2S+. The maximum atomic E-state index is 13.9. The number of nitrogens with zero attached hydrogens (tertiary/aromatic N) is 3. The summed E-state index contributed by atoms with van der Waals surface area (Å²) in [6.07, 6.45) is 0.671. The molecule has 0 unspecified atom stereocenters. The number of rotatable bonds is 4. The summed E-state index contributed by atoms with van der Waals surface area (Å²) in [4.78, 5) is 6.77. The molecule has 4 rings (SSSR count). The Morgan fingerprint density at radius 3 is 2.73 bits per heavy atom. The highest BCUT2D eigenvalue weighted by molar-refractivity contribution is 7.17. The van der Waals surface area contributed by atoms with E-state index in [1.807, 2.05) is 6.92 Å². The summed E-state index contributed by atoms with van der Waals surface area (Å²) < 4.78 is 34.1. The quantitative estimate of drug-likeness (QED) is 0.716. The lowest BCUT2D eigenvalue weighted by molar-refractivity contribution is -0.932. The summed E-state index contributed by atoms with van der Waals surface area (Å²) in [6.45, 7) is 4.52. The number of aromatic hydroxyl groups is 1. The van der Waals surface area contributed by atoms with Gasteiger partial charge in [0.05, 0.1) is 13.2 Å². The second kappa shape index (κ2) is 6.90. The van der Waals surface area contributed by atoms with Crippen LogP contribution in [0.15, 0.2) is 18.2 Å². The first kappa shape index (κ1) is 17.3. The highest BCUT2D eigenvalue weighted by Gasteiger charge is 2.34. The third kappa shape index (κ3) is 2.95. The second-order valence-electron chi connectivity index (χ2n) is 6.24. The molecule has 26 heavy (non-hydrogen) atoms. The van der Waals surface area contributed by atoms with Crippen molar-refractivity contribution in [2.45, 2.75) is 19.4 Å². The molecular weight excluding hydrogens is 362 g/mol. The van der Waals surface area contributed by atoms with Crippen LogP contribution >= 0.6 is 11.3 Å². The molecule has 0 radical (unpaired) electrons. The van der Waals surface area contributed by atoms with E-state index in [1.165, 1.54) is 21.9 Å². The molecule has 1 aliphatic rings. The fourth-order valence-corrected chi connectivity index (χ4v) is 4.48. The van der Waals surface area contributed by atoms with E-state index in [-0.39, 0.29) is 11.9 Å². The second-order valence-corrected chi connectivity index (χ2v) is 7.25. The fraction of sp³-hybridized carbons (Fsp3) is 0.412. The maximum Gasteiger partial charge on any atom is 0.235 e. The minimum atomic E-state index is -0.896. The van der Waals surface area contributed by atoms with Crippen molar-refractivity contribution in [2.24, 2.45) is 0 Å². The maximum absolute atomic E-state index is 13.9. The smallest absolute Gasteiger partial charge is 0.235 e. The van der Waals surface area contributed by atoms with Gasteiger partial charge in [0.2, 0.25) is 10.8 Å². The number of hydrogen-bond acceptors (Lipinski definition) is 5. The van der Waals surface area contributed by atoms with Crippen molar-refractivity contribution in [1.29, 1.82) is 0 Å². The molecule has 1 aliphatic heterocycles. The highest BCUT2D eigenvalue weighted by Crippen LogP contribution is 2.35.